The first-order valence-corrected chi connectivity index (χ1v) is 7.15. The Morgan fingerprint density at radius 3 is 2.83 bits per heavy atom. The van der Waals surface area contributed by atoms with Gasteiger partial charge in [-0.25, -0.2) is 4.98 Å². The van der Waals surface area contributed by atoms with Crippen molar-refractivity contribution in [2.75, 3.05) is 18.1 Å². The number of rotatable bonds is 2. The van der Waals surface area contributed by atoms with Crippen LogP contribution in [0.3, 0.4) is 0 Å². The van der Waals surface area contributed by atoms with Crippen LogP contribution in [0.5, 0.6) is 5.88 Å². The van der Waals surface area contributed by atoms with Crippen molar-refractivity contribution in [3.63, 3.8) is 0 Å². The summed E-state index contributed by atoms with van der Waals surface area (Å²) in [4.78, 5) is 29.3. The van der Waals surface area contributed by atoms with E-state index in [2.05, 4.69) is 4.98 Å². The van der Waals surface area contributed by atoms with Gasteiger partial charge < -0.3 is 4.74 Å². The number of ether oxygens (including phenoxy) is 1. The summed E-state index contributed by atoms with van der Waals surface area (Å²) in [7, 11) is 0. The zero-order valence-electron chi connectivity index (χ0n) is 12.8. The van der Waals surface area contributed by atoms with Crippen LogP contribution in [0.2, 0.25) is 0 Å². The average Bonchev–Trinajstić information content (AvgIpc) is 2.52. The monoisotopic (exact) mass is 313 g/mol. The highest BCUT2D eigenvalue weighted by Gasteiger charge is 2.30. The topological polar surface area (TPSA) is 85.6 Å². The fraction of sp³-hybridized carbons (Fsp3) is 0.250. The van der Waals surface area contributed by atoms with Crippen molar-refractivity contribution in [1.82, 2.24) is 4.98 Å². The SMILES string of the molecule is Cc1ccc([N+](=O)[O-])c(C(=O)N2CCOc3nc(C)ccc32)c1. The molecular formula is C16H15N3O4. The van der Waals surface area contributed by atoms with Gasteiger partial charge in [-0.05, 0) is 37.6 Å². The highest BCUT2D eigenvalue weighted by atomic mass is 16.6. The van der Waals surface area contributed by atoms with Crippen LogP contribution in [-0.4, -0.2) is 29.0 Å². The summed E-state index contributed by atoms with van der Waals surface area (Å²) < 4.78 is 5.48. The maximum absolute atomic E-state index is 12.9. The van der Waals surface area contributed by atoms with E-state index in [4.69, 9.17) is 4.74 Å². The first-order chi connectivity index (χ1) is 11.0. The van der Waals surface area contributed by atoms with Crippen molar-refractivity contribution in [2.45, 2.75) is 13.8 Å². The first-order valence-electron chi connectivity index (χ1n) is 7.15. The number of aryl methyl sites for hydroxylation is 2. The van der Waals surface area contributed by atoms with Crippen molar-refractivity contribution in [2.24, 2.45) is 0 Å². The molecule has 1 aliphatic heterocycles. The number of fused-ring (bicyclic) bond motifs is 1. The number of pyridine rings is 1. The maximum Gasteiger partial charge on any atom is 0.282 e. The molecule has 23 heavy (non-hydrogen) atoms. The largest absolute Gasteiger partial charge is 0.474 e. The van der Waals surface area contributed by atoms with Gasteiger partial charge in [-0.2, -0.15) is 0 Å². The Morgan fingerprint density at radius 2 is 2.09 bits per heavy atom. The number of nitrogens with zero attached hydrogens (tertiary/aromatic N) is 3. The third-order valence-corrected chi connectivity index (χ3v) is 3.65. The molecule has 1 amide bonds. The van der Waals surface area contributed by atoms with E-state index in [1.807, 2.05) is 6.92 Å². The minimum Gasteiger partial charge on any atom is -0.474 e. The van der Waals surface area contributed by atoms with Gasteiger partial charge in [0.1, 0.15) is 17.9 Å². The summed E-state index contributed by atoms with van der Waals surface area (Å²) in [6, 6.07) is 8.04. The van der Waals surface area contributed by atoms with Crippen molar-refractivity contribution in [1.29, 1.82) is 0 Å². The van der Waals surface area contributed by atoms with E-state index in [0.29, 0.717) is 24.7 Å². The molecule has 0 aliphatic carbocycles. The molecule has 7 nitrogen and oxygen atoms in total. The molecule has 7 heteroatoms. The predicted octanol–water partition coefficient (Wildman–Crippen LogP) is 2.65. The van der Waals surface area contributed by atoms with E-state index in [-0.39, 0.29) is 11.3 Å². The lowest BCUT2D eigenvalue weighted by Gasteiger charge is -2.28. The molecule has 1 aromatic heterocycles. The molecule has 2 heterocycles. The van der Waals surface area contributed by atoms with Gasteiger partial charge in [0.05, 0.1) is 11.5 Å². The normalized spacial score (nSPS) is 13.2. The van der Waals surface area contributed by atoms with E-state index < -0.39 is 10.8 Å². The summed E-state index contributed by atoms with van der Waals surface area (Å²) in [6.07, 6.45) is 0. The number of hydrogen-bond acceptors (Lipinski definition) is 5. The molecule has 3 rings (SSSR count). The van der Waals surface area contributed by atoms with E-state index in [9.17, 15) is 14.9 Å². The van der Waals surface area contributed by atoms with E-state index >= 15 is 0 Å². The number of benzene rings is 1. The zero-order chi connectivity index (χ0) is 16.6. The molecule has 2 aromatic rings. The Bertz CT molecular complexity index is 804. The molecule has 1 aromatic carbocycles. The number of carbonyl (C=O) groups is 1. The van der Waals surface area contributed by atoms with E-state index in [1.165, 1.54) is 17.0 Å². The van der Waals surface area contributed by atoms with E-state index in [1.54, 1.807) is 25.1 Å². The van der Waals surface area contributed by atoms with Crippen LogP contribution >= 0.6 is 0 Å². The molecule has 0 atom stereocenters. The summed E-state index contributed by atoms with van der Waals surface area (Å²) in [6.45, 7) is 4.24. The summed E-state index contributed by atoms with van der Waals surface area (Å²) >= 11 is 0. The quantitative estimate of drug-likeness (QED) is 0.628. The number of aromatic nitrogens is 1. The van der Waals surface area contributed by atoms with Gasteiger partial charge >= 0.3 is 0 Å². The number of nitro groups is 1. The van der Waals surface area contributed by atoms with Crippen LogP contribution in [0, 0.1) is 24.0 Å². The maximum atomic E-state index is 12.9. The van der Waals surface area contributed by atoms with Crippen molar-refractivity contribution >= 4 is 17.3 Å². The third kappa shape index (κ3) is 2.73. The fourth-order valence-corrected chi connectivity index (χ4v) is 2.53. The van der Waals surface area contributed by atoms with Crippen molar-refractivity contribution in [3.05, 3.63) is 57.3 Å². The summed E-state index contributed by atoms with van der Waals surface area (Å²) in [5, 5.41) is 11.2. The Balaban J connectivity index is 2.06. The van der Waals surface area contributed by atoms with Gasteiger partial charge in [0.15, 0.2) is 0 Å². The minimum absolute atomic E-state index is 0.0726. The van der Waals surface area contributed by atoms with Gasteiger partial charge in [0.25, 0.3) is 11.6 Å². The second-order valence-electron chi connectivity index (χ2n) is 5.36. The van der Waals surface area contributed by atoms with Gasteiger partial charge in [0, 0.05) is 11.8 Å². The number of amides is 1. The molecule has 0 saturated heterocycles. The minimum atomic E-state index is -0.540. The zero-order valence-corrected chi connectivity index (χ0v) is 12.8. The molecular weight excluding hydrogens is 298 g/mol. The van der Waals surface area contributed by atoms with Crippen LogP contribution in [0.15, 0.2) is 30.3 Å². The van der Waals surface area contributed by atoms with Gasteiger partial charge in [0.2, 0.25) is 5.88 Å². The average molecular weight is 313 g/mol. The highest BCUT2D eigenvalue weighted by Crippen LogP contribution is 2.32. The van der Waals surface area contributed by atoms with Gasteiger partial charge in [-0.3, -0.25) is 19.8 Å². The molecule has 0 unspecified atom stereocenters. The van der Waals surface area contributed by atoms with Crippen molar-refractivity contribution < 1.29 is 14.5 Å². The van der Waals surface area contributed by atoms with Crippen LogP contribution < -0.4 is 9.64 Å². The number of hydrogen-bond donors (Lipinski definition) is 0. The predicted molar refractivity (Wildman–Crippen MR) is 84.0 cm³/mol. The van der Waals surface area contributed by atoms with Gasteiger partial charge in [-0.1, -0.05) is 6.07 Å². The molecule has 0 spiro atoms. The lowest BCUT2D eigenvalue weighted by atomic mass is 10.1. The number of anilines is 1. The van der Waals surface area contributed by atoms with Crippen LogP contribution in [0.1, 0.15) is 21.6 Å². The highest BCUT2D eigenvalue weighted by molar-refractivity contribution is 6.09. The number of carbonyl (C=O) groups excluding carboxylic acids is 1. The smallest absolute Gasteiger partial charge is 0.282 e. The first kappa shape index (κ1) is 15.0. The summed E-state index contributed by atoms with van der Waals surface area (Å²) in [5.74, 6) is -0.0458. The van der Waals surface area contributed by atoms with Crippen molar-refractivity contribution in [3.8, 4) is 5.88 Å². The molecule has 0 N–H and O–H groups in total. The second kappa shape index (κ2) is 5.68. The lowest BCUT2D eigenvalue weighted by Crippen LogP contribution is -2.38. The van der Waals surface area contributed by atoms with Crippen LogP contribution in [0.25, 0.3) is 0 Å². The Morgan fingerprint density at radius 1 is 1.30 bits per heavy atom. The second-order valence-corrected chi connectivity index (χ2v) is 5.36. The van der Waals surface area contributed by atoms with Gasteiger partial charge in [-0.15, -0.1) is 0 Å². The molecule has 1 aliphatic rings. The molecule has 118 valence electrons. The molecule has 0 saturated carbocycles. The van der Waals surface area contributed by atoms with E-state index in [0.717, 1.165) is 11.3 Å². The third-order valence-electron chi connectivity index (χ3n) is 3.65. The summed E-state index contributed by atoms with van der Waals surface area (Å²) in [5.41, 5.74) is 1.97. The molecule has 0 fully saturated rings. The Labute approximate surface area is 132 Å². The standard InChI is InChI=1S/C16H15N3O4/c1-10-3-5-13(19(21)22)12(9-10)16(20)18-7-8-23-15-14(18)6-4-11(2)17-15/h3-6,9H,7-8H2,1-2H3. The lowest BCUT2D eigenvalue weighted by molar-refractivity contribution is -0.385. The Kier molecular flexibility index (Phi) is 3.69. The fourth-order valence-electron chi connectivity index (χ4n) is 2.53. The Hall–Kier alpha value is -2.96. The van der Waals surface area contributed by atoms with Crippen LogP contribution in [-0.2, 0) is 0 Å². The van der Waals surface area contributed by atoms with Crippen LogP contribution in [0.4, 0.5) is 11.4 Å². The number of nitro benzene ring substituents is 1. The molecule has 0 radical (unpaired) electrons. The molecule has 0 bridgehead atoms.